The maximum atomic E-state index is 9.83. The highest BCUT2D eigenvalue weighted by molar-refractivity contribution is 7.80. The van der Waals surface area contributed by atoms with E-state index in [-0.39, 0.29) is 17.8 Å². The molecule has 2 N–H and O–H groups in total. The fraction of sp³-hybridized carbons (Fsp3) is 0.152. The molecule has 1 aliphatic rings. The van der Waals surface area contributed by atoms with Gasteiger partial charge in [0.05, 0.1) is 24.9 Å². The Balaban J connectivity index is 1.38. The quantitative estimate of drug-likeness (QED) is 0.204. The van der Waals surface area contributed by atoms with Crippen molar-refractivity contribution < 1.29 is 14.6 Å². The third-order valence-electron chi connectivity index (χ3n) is 7.40. The summed E-state index contributed by atoms with van der Waals surface area (Å²) >= 11 is 5.94. The van der Waals surface area contributed by atoms with Gasteiger partial charge < -0.3 is 29.4 Å². The zero-order valence-electron chi connectivity index (χ0n) is 23.0. The average molecular weight is 563 g/mol. The van der Waals surface area contributed by atoms with Gasteiger partial charge in [-0.3, -0.25) is 4.98 Å². The van der Waals surface area contributed by atoms with E-state index in [0.717, 1.165) is 51.3 Å². The summed E-state index contributed by atoms with van der Waals surface area (Å²) in [7, 11) is 1.64. The van der Waals surface area contributed by atoms with Crippen LogP contribution >= 0.6 is 12.2 Å². The molecular weight excluding hydrogens is 532 g/mol. The lowest BCUT2D eigenvalue weighted by Crippen LogP contribution is -2.29. The minimum absolute atomic E-state index is 0.150. The van der Waals surface area contributed by atoms with Crippen molar-refractivity contribution in [3.8, 4) is 28.7 Å². The third-order valence-corrected chi connectivity index (χ3v) is 7.72. The Bertz CT molecular complexity index is 1670. The van der Waals surface area contributed by atoms with Crippen LogP contribution in [-0.4, -0.2) is 26.9 Å². The number of benzene rings is 3. The number of phenolic OH excluding ortho intramolecular Hbond substituents is 1. The molecule has 0 spiro atoms. The van der Waals surface area contributed by atoms with E-state index in [9.17, 15) is 5.11 Å². The second-order valence-electron chi connectivity index (χ2n) is 9.95. The number of nitrogens with one attached hydrogen (secondary N) is 1. The van der Waals surface area contributed by atoms with E-state index in [1.165, 1.54) is 0 Å². The van der Waals surface area contributed by atoms with Crippen LogP contribution in [0.2, 0.25) is 0 Å². The molecule has 8 heteroatoms. The topological polar surface area (TPSA) is 71.8 Å². The summed E-state index contributed by atoms with van der Waals surface area (Å²) in [6.45, 7) is 4.21. The van der Waals surface area contributed by atoms with Gasteiger partial charge in [0.15, 0.2) is 5.11 Å². The monoisotopic (exact) mass is 562 g/mol. The van der Waals surface area contributed by atoms with Gasteiger partial charge in [0, 0.05) is 29.0 Å². The zero-order chi connectivity index (χ0) is 28.5. The molecule has 0 bridgehead atoms. The molecule has 3 aromatic carbocycles. The van der Waals surface area contributed by atoms with E-state index in [2.05, 4.69) is 39.7 Å². The van der Waals surface area contributed by atoms with Gasteiger partial charge in [-0.1, -0.05) is 6.07 Å². The number of methoxy groups -OCH3 is 1. The van der Waals surface area contributed by atoms with Crippen molar-refractivity contribution >= 4 is 23.0 Å². The molecule has 1 fully saturated rings. The molecule has 0 aliphatic carbocycles. The molecule has 1 aliphatic heterocycles. The average Bonchev–Trinajstić information content (AvgIpc) is 3.49. The number of aromatic hydroxyl groups is 1. The molecule has 206 valence electrons. The van der Waals surface area contributed by atoms with E-state index in [4.69, 9.17) is 21.7 Å². The lowest BCUT2D eigenvalue weighted by atomic mass is 9.96. The number of ether oxygens (including phenoxy) is 2. The number of hydrogen-bond acceptors (Lipinski definition) is 5. The Morgan fingerprint density at radius 2 is 1.46 bits per heavy atom. The van der Waals surface area contributed by atoms with E-state index in [0.29, 0.717) is 5.11 Å². The summed E-state index contributed by atoms with van der Waals surface area (Å²) in [4.78, 5) is 6.85. The van der Waals surface area contributed by atoms with Crippen LogP contribution in [0, 0.1) is 13.8 Å². The van der Waals surface area contributed by atoms with Gasteiger partial charge in [0.25, 0.3) is 0 Å². The predicted molar refractivity (Wildman–Crippen MR) is 164 cm³/mol. The number of rotatable bonds is 7. The number of nitrogens with zero attached hydrogens (tertiary/aromatic N) is 3. The standard InChI is InChI=1S/C33H30N4O3S/c1-21-20-29(22(2)36(21)23-7-11-25(38)12-8-23)32-31(30-6-4-5-19-34-30)35-33(41)37(32)24-9-13-27(14-10-24)40-28-17-15-26(39-3)16-18-28/h4-20,31-32,38H,1-3H3,(H,35,41)/t31-,32-/m0/s1. The van der Waals surface area contributed by atoms with Gasteiger partial charge >= 0.3 is 0 Å². The van der Waals surface area contributed by atoms with E-state index >= 15 is 0 Å². The Morgan fingerprint density at radius 1 is 0.829 bits per heavy atom. The van der Waals surface area contributed by atoms with Gasteiger partial charge in [-0.25, -0.2) is 0 Å². The Kier molecular flexibility index (Phi) is 7.07. The summed E-state index contributed by atoms with van der Waals surface area (Å²) in [5.41, 5.74) is 6.16. The van der Waals surface area contributed by atoms with Crippen molar-refractivity contribution in [2.75, 3.05) is 12.0 Å². The van der Waals surface area contributed by atoms with Gasteiger partial charge in [-0.15, -0.1) is 0 Å². The molecule has 5 aromatic rings. The lowest BCUT2D eigenvalue weighted by molar-refractivity contribution is 0.413. The van der Waals surface area contributed by atoms with Gasteiger partial charge in [0.2, 0.25) is 0 Å². The van der Waals surface area contributed by atoms with Crippen molar-refractivity contribution in [3.05, 3.63) is 126 Å². The number of phenols is 1. The first-order valence-electron chi connectivity index (χ1n) is 13.3. The first kappa shape index (κ1) is 26.4. The van der Waals surface area contributed by atoms with Crippen LogP contribution in [-0.2, 0) is 0 Å². The smallest absolute Gasteiger partial charge is 0.174 e. The van der Waals surface area contributed by atoms with Crippen molar-refractivity contribution in [2.45, 2.75) is 25.9 Å². The molecule has 1 saturated heterocycles. The number of anilines is 1. The fourth-order valence-electron chi connectivity index (χ4n) is 5.49. The molecule has 0 amide bonds. The molecule has 0 radical (unpaired) electrons. The summed E-state index contributed by atoms with van der Waals surface area (Å²) < 4.78 is 13.5. The third kappa shape index (κ3) is 5.10. The lowest BCUT2D eigenvalue weighted by Gasteiger charge is -2.28. The number of hydrogen-bond donors (Lipinski definition) is 2. The van der Waals surface area contributed by atoms with Crippen molar-refractivity contribution in [1.82, 2.24) is 14.9 Å². The van der Waals surface area contributed by atoms with E-state index in [1.54, 1.807) is 19.2 Å². The van der Waals surface area contributed by atoms with Crippen LogP contribution in [0.25, 0.3) is 5.69 Å². The van der Waals surface area contributed by atoms with E-state index < -0.39 is 0 Å². The maximum Gasteiger partial charge on any atom is 0.174 e. The van der Waals surface area contributed by atoms with Gasteiger partial charge in [-0.05, 0) is 123 Å². The zero-order valence-corrected chi connectivity index (χ0v) is 23.8. The highest BCUT2D eigenvalue weighted by Crippen LogP contribution is 2.44. The van der Waals surface area contributed by atoms with Crippen LogP contribution in [0.4, 0.5) is 5.69 Å². The first-order valence-corrected chi connectivity index (χ1v) is 13.7. The second-order valence-corrected chi connectivity index (χ2v) is 10.3. The summed E-state index contributed by atoms with van der Waals surface area (Å²) in [6, 6.07) is 30.6. The van der Waals surface area contributed by atoms with Crippen LogP contribution in [0.3, 0.4) is 0 Å². The molecule has 0 unspecified atom stereocenters. The molecule has 2 atom stereocenters. The summed E-state index contributed by atoms with van der Waals surface area (Å²) in [5.74, 6) is 2.47. The van der Waals surface area contributed by atoms with Crippen molar-refractivity contribution in [2.24, 2.45) is 0 Å². The van der Waals surface area contributed by atoms with Crippen LogP contribution in [0.5, 0.6) is 23.0 Å². The highest BCUT2D eigenvalue weighted by atomic mass is 32.1. The number of thiocarbonyl (C=S) groups is 1. The van der Waals surface area contributed by atoms with Gasteiger partial charge in [-0.2, -0.15) is 0 Å². The van der Waals surface area contributed by atoms with Crippen LogP contribution in [0.15, 0.2) is 103 Å². The minimum Gasteiger partial charge on any atom is -0.508 e. The SMILES string of the molecule is COc1ccc(Oc2ccc(N3C(=S)N[C@@H](c4ccccn4)[C@@H]3c3cc(C)n(-c4ccc(O)cc4)c3C)cc2)cc1. The van der Waals surface area contributed by atoms with Crippen molar-refractivity contribution in [3.63, 3.8) is 0 Å². The molecule has 2 aromatic heterocycles. The Labute approximate surface area is 244 Å². The van der Waals surface area contributed by atoms with Crippen LogP contribution < -0.4 is 19.7 Å². The number of aromatic nitrogens is 2. The molecule has 0 saturated carbocycles. The minimum atomic E-state index is -0.160. The summed E-state index contributed by atoms with van der Waals surface area (Å²) in [6.07, 6.45) is 1.81. The van der Waals surface area contributed by atoms with Crippen LogP contribution in [0.1, 0.15) is 34.7 Å². The molecule has 7 nitrogen and oxygen atoms in total. The Hall–Kier alpha value is -4.82. The molecule has 3 heterocycles. The number of pyridine rings is 1. The first-order chi connectivity index (χ1) is 19.9. The number of aryl methyl sites for hydroxylation is 1. The predicted octanol–water partition coefficient (Wildman–Crippen LogP) is 7.17. The van der Waals surface area contributed by atoms with Crippen molar-refractivity contribution in [1.29, 1.82) is 0 Å². The summed E-state index contributed by atoms with van der Waals surface area (Å²) in [5, 5.41) is 14.0. The highest BCUT2D eigenvalue weighted by Gasteiger charge is 2.42. The Morgan fingerprint density at radius 3 is 2.10 bits per heavy atom. The normalized spacial score (nSPS) is 16.5. The maximum absolute atomic E-state index is 9.83. The molecule has 41 heavy (non-hydrogen) atoms. The fourth-order valence-corrected chi connectivity index (χ4v) is 5.84. The van der Waals surface area contributed by atoms with Gasteiger partial charge in [0.1, 0.15) is 23.0 Å². The molecular formula is C33H30N4O3S. The largest absolute Gasteiger partial charge is 0.508 e. The second kappa shape index (κ2) is 11.0. The molecule has 6 rings (SSSR count). The van der Waals surface area contributed by atoms with E-state index in [1.807, 2.05) is 85.1 Å².